The summed E-state index contributed by atoms with van der Waals surface area (Å²) >= 11 is 0. The predicted octanol–water partition coefficient (Wildman–Crippen LogP) is 3.17. The number of hydrogen-bond acceptors (Lipinski definition) is 3. The molecular formula is C19H28N2O2. The first-order chi connectivity index (χ1) is 11.2. The van der Waals surface area contributed by atoms with E-state index >= 15 is 0 Å². The van der Waals surface area contributed by atoms with E-state index < -0.39 is 0 Å². The van der Waals surface area contributed by atoms with Crippen molar-refractivity contribution < 1.29 is 9.53 Å². The molecule has 1 aliphatic heterocycles. The Morgan fingerprint density at radius 2 is 1.70 bits per heavy atom. The molecule has 0 aromatic heterocycles. The van der Waals surface area contributed by atoms with Gasteiger partial charge in [0.25, 0.3) is 0 Å². The largest absolute Gasteiger partial charge is 0.497 e. The number of benzene rings is 1. The second-order valence-corrected chi connectivity index (χ2v) is 6.84. The molecule has 1 atom stereocenters. The third-order valence-corrected chi connectivity index (χ3v) is 5.53. The molecular weight excluding hydrogens is 288 g/mol. The molecule has 1 amide bonds. The van der Waals surface area contributed by atoms with Crippen LogP contribution in [0.2, 0.25) is 0 Å². The lowest BCUT2D eigenvalue weighted by Crippen LogP contribution is -2.50. The lowest BCUT2D eigenvalue weighted by atomic mass is 9.91. The van der Waals surface area contributed by atoms with Crippen molar-refractivity contribution in [2.75, 3.05) is 38.2 Å². The molecule has 1 heterocycles. The summed E-state index contributed by atoms with van der Waals surface area (Å²) in [6.07, 6.45) is 5.07. The quantitative estimate of drug-likeness (QED) is 0.855. The molecule has 4 heteroatoms. The van der Waals surface area contributed by atoms with Crippen molar-refractivity contribution in [2.24, 2.45) is 11.8 Å². The molecule has 1 aromatic rings. The van der Waals surface area contributed by atoms with Crippen LogP contribution in [0.15, 0.2) is 24.3 Å². The maximum Gasteiger partial charge on any atom is 0.225 e. The average Bonchev–Trinajstić information content (AvgIpc) is 3.15. The molecule has 1 saturated heterocycles. The molecule has 3 rings (SSSR count). The molecule has 126 valence electrons. The summed E-state index contributed by atoms with van der Waals surface area (Å²) in [5.41, 5.74) is 1.21. The summed E-state index contributed by atoms with van der Waals surface area (Å²) in [5.74, 6) is 2.06. The number of rotatable bonds is 4. The van der Waals surface area contributed by atoms with Crippen molar-refractivity contribution in [2.45, 2.75) is 32.6 Å². The number of piperazine rings is 1. The van der Waals surface area contributed by atoms with Crippen LogP contribution < -0.4 is 9.64 Å². The third-order valence-electron chi connectivity index (χ3n) is 5.53. The van der Waals surface area contributed by atoms with Crippen molar-refractivity contribution in [1.82, 2.24) is 4.90 Å². The van der Waals surface area contributed by atoms with Crippen molar-refractivity contribution in [3.63, 3.8) is 0 Å². The average molecular weight is 316 g/mol. The summed E-state index contributed by atoms with van der Waals surface area (Å²) in [5, 5.41) is 0. The normalized spacial score (nSPS) is 20.6. The van der Waals surface area contributed by atoms with Gasteiger partial charge in [0, 0.05) is 37.8 Å². The van der Waals surface area contributed by atoms with Gasteiger partial charge >= 0.3 is 0 Å². The molecule has 1 aromatic carbocycles. The molecule has 1 aliphatic carbocycles. The molecule has 4 nitrogen and oxygen atoms in total. The van der Waals surface area contributed by atoms with Crippen LogP contribution in [0, 0.1) is 11.8 Å². The van der Waals surface area contributed by atoms with Crippen LogP contribution in [0.1, 0.15) is 32.6 Å². The summed E-state index contributed by atoms with van der Waals surface area (Å²) in [6, 6.07) is 8.18. The summed E-state index contributed by atoms with van der Waals surface area (Å²) in [7, 11) is 1.69. The SMILES string of the molecule is COc1ccc(N2CCN(C(=O)C(C)C3CCCC3)CC2)cc1. The van der Waals surface area contributed by atoms with Gasteiger partial charge in [-0.3, -0.25) is 4.79 Å². The van der Waals surface area contributed by atoms with Crippen molar-refractivity contribution in [3.8, 4) is 5.75 Å². The smallest absolute Gasteiger partial charge is 0.225 e. The van der Waals surface area contributed by atoms with Gasteiger partial charge in [0.15, 0.2) is 0 Å². The number of methoxy groups -OCH3 is 1. The Balaban J connectivity index is 1.53. The number of ether oxygens (including phenoxy) is 1. The highest BCUT2D eigenvalue weighted by Crippen LogP contribution is 2.32. The number of carbonyl (C=O) groups is 1. The van der Waals surface area contributed by atoms with Crippen molar-refractivity contribution in [3.05, 3.63) is 24.3 Å². The number of anilines is 1. The topological polar surface area (TPSA) is 32.8 Å². The highest BCUT2D eigenvalue weighted by atomic mass is 16.5. The molecule has 0 spiro atoms. The van der Waals surface area contributed by atoms with Crippen LogP contribution in [0.3, 0.4) is 0 Å². The zero-order valence-corrected chi connectivity index (χ0v) is 14.3. The molecule has 1 saturated carbocycles. The zero-order valence-electron chi connectivity index (χ0n) is 14.3. The van der Waals surface area contributed by atoms with Gasteiger partial charge in [0.05, 0.1) is 7.11 Å². The van der Waals surface area contributed by atoms with Gasteiger partial charge in [0.1, 0.15) is 5.75 Å². The highest BCUT2D eigenvalue weighted by molar-refractivity contribution is 5.79. The molecule has 0 N–H and O–H groups in total. The Morgan fingerprint density at radius 1 is 1.09 bits per heavy atom. The van der Waals surface area contributed by atoms with Crippen LogP contribution >= 0.6 is 0 Å². The fourth-order valence-corrected chi connectivity index (χ4v) is 3.93. The van der Waals surface area contributed by atoms with E-state index in [-0.39, 0.29) is 5.92 Å². The molecule has 1 unspecified atom stereocenters. The van der Waals surface area contributed by atoms with Gasteiger partial charge in [-0.15, -0.1) is 0 Å². The van der Waals surface area contributed by atoms with Crippen LogP contribution in [0.4, 0.5) is 5.69 Å². The van der Waals surface area contributed by atoms with Crippen molar-refractivity contribution in [1.29, 1.82) is 0 Å². The van der Waals surface area contributed by atoms with E-state index in [1.165, 1.54) is 31.4 Å². The Labute approximate surface area is 139 Å². The Kier molecular flexibility index (Phi) is 5.09. The second-order valence-electron chi connectivity index (χ2n) is 6.84. The van der Waals surface area contributed by atoms with Crippen LogP contribution in [-0.2, 0) is 4.79 Å². The van der Waals surface area contributed by atoms with Crippen LogP contribution in [-0.4, -0.2) is 44.1 Å². The fraction of sp³-hybridized carbons (Fsp3) is 0.632. The standard InChI is InChI=1S/C19H28N2O2/c1-15(16-5-3-4-6-16)19(22)21-13-11-20(12-14-21)17-7-9-18(23-2)10-8-17/h7-10,15-16H,3-6,11-14H2,1-2H3. The van der Waals surface area contributed by atoms with Gasteiger partial charge in [-0.1, -0.05) is 19.8 Å². The van der Waals surface area contributed by atoms with E-state index in [0.29, 0.717) is 11.8 Å². The summed E-state index contributed by atoms with van der Waals surface area (Å²) in [4.78, 5) is 17.1. The number of amides is 1. The first-order valence-electron chi connectivity index (χ1n) is 8.87. The summed E-state index contributed by atoms with van der Waals surface area (Å²) < 4.78 is 5.21. The zero-order chi connectivity index (χ0) is 16.2. The molecule has 2 fully saturated rings. The Hall–Kier alpha value is -1.71. The predicted molar refractivity (Wildman–Crippen MR) is 92.9 cm³/mol. The molecule has 0 radical (unpaired) electrons. The first-order valence-corrected chi connectivity index (χ1v) is 8.87. The van der Waals surface area contributed by atoms with Gasteiger partial charge in [-0.05, 0) is 43.0 Å². The van der Waals surface area contributed by atoms with E-state index in [2.05, 4.69) is 28.9 Å². The van der Waals surface area contributed by atoms with E-state index in [1.807, 2.05) is 12.1 Å². The van der Waals surface area contributed by atoms with Gasteiger partial charge in [0.2, 0.25) is 5.91 Å². The fourth-order valence-electron chi connectivity index (χ4n) is 3.93. The Morgan fingerprint density at radius 3 is 2.26 bits per heavy atom. The molecule has 2 aliphatic rings. The maximum atomic E-state index is 12.7. The van der Waals surface area contributed by atoms with E-state index in [9.17, 15) is 4.79 Å². The maximum absolute atomic E-state index is 12.7. The minimum Gasteiger partial charge on any atom is -0.497 e. The minimum absolute atomic E-state index is 0.199. The monoisotopic (exact) mass is 316 g/mol. The molecule has 23 heavy (non-hydrogen) atoms. The van der Waals surface area contributed by atoms with E-state index in [1.54, 1.807) is 7.11 Å². The van der Waals surface area contributed by atoms with Crippen LogP contribution in [0.5, 0.6) is 5.75 Å². The Bertz CT molecular complexity index is 515. The number of nitrogens with zero attached hydrogens (tertiary/aromatic N) is 2. The highest BCUT2D eigenvalue weighted by Gasteiger charge is 2.31. The lowest BCUT2D eigenvalue weighted by molar-refractivity contribution is -0.137. The molecule has 0 bridgehead atoms. The van der Waals surface area contributed by atoms with Gasteiger partial charge in [-0.25, -0.2) is 0 Å². The first kappa shape index (κ1) is 16.2. The lowest BCUT2D eigenvalue weighted by Gasteiger charge is -2.38. The summed E-state index contributed by atoms with van der Waals surface area (Å²) in [6.45, 7) is 5.63. The van der Waals surface area contributed by atoms with Crippen LogP contribution in [0.25, 0.3) is 0 Å². The van der Waals surface area contributed by atoms with Crippen molar-refractivity contribution >= 4 is 11.6 Å². The number of carbonyl (C=O) groups excluding carboxylic acids is 1. The van der Waals surface area contributed by atoms with E-state index in [4.69, 9.17) is 4.74 Å². The second kappa shape index (κ2) is 7.24. The van der Waals surface area contributed by atoms with Gasteiger partial charge in [-0.2, -0.15) is 0 Å². The third kappa shape index (κ3) is 3.62. The van der Waals surface area contributed by atoms with Gasteiger partial charge < -0.3 is 14.5 Å². The number of hydrogen-bond donors (Lipinski definition) is 0. The minimum atomic E-state index is 0.199. The van der Waals surface area contributed by atoms with E-state index in [0.717, 1.165) is 31.9 Å².